The average molecular weight is 321 g/mol. The predicted molar refractivity (Wildman–Crippen MR) is 70.5 cm³/mol. The van der Waals surface area contributed by atoms with Gasteiger partial charge in [-0.3, -0.25) is 4.90 Å². The van der Waals surface area contributed by atoms with Crippen LogP contribution in [0.2, 0.25) is 5.15 Å². The Bertz CT molecular complexity index is 391. The molecule has 1 aliphatic rings. The zero-order valence-electron chi connectivity index (χ0n) is 9.70. The number of likely N-dealkylation sites (tertiary alicyclic amines) is 1. The fraction of sp³-hybridized carbons (Fsp3) is 0.636. The number of hydrogen-bond acceptors (Lipinski definition) is 4. The van der Waals surface area contributed by atoms with Gasteiger partial charge in [-0.2, -0.15) is 0 Å². The van der Waals surface area contributed by atoms with E-state index in [1.807, 2.05) is 0 Å². The summed E-state index contributed by atoms with van der Waals surface area (Å²) in [7, 11) is 0. The summed E-state index contributed by atoms with van der Waals surface area (Å²) in [5, 5.41) is 8.00. The molecule has 0 aromatic carbocycles. The third-order valence-electron chi connectivity index (χ3n) is 2.84. The topological polar surface area (TPSA) is 38.2 Å². The van der Waals surface area contributed by atoms with Gasteiger partial charge in [0.2, 0.25) is 5.88 Å². The highest BCUT2D eigenvalue weighted by molar-refractivity contribution is 9.10. The van der Waals surface area contributed by atoms with Crippen LogP contribution in [0, 0.1) is 5.92 Å². The molecule has 0 spiro atoms. The first-order chi connectivity index (χ1) is 8.15. The highest BCUT2D eigenvalue weighted by Gasteiger charge is 2.18. The minimum Gasteiger partial charge on any atom is -0.474 e. The Morgan fingerprint density at radius 1 is 1.59 bits per heavy atom. The van der Waals surface area contributed by atoms with Crippen molar-refractivity contribution in [2.45, 2.75) is 13.3 Å². The van der Waals surface area contributed by atoms with E-state index in [1.165, 1.54) is 6.42 Å². The molecular formula is C11H15BrClN3O. The smallest absolute Gasteiger partial charge is 0.248 e. The van der Waals surface area contributed by atoms with Crippen molar-refractivity contribution in [3.8, 4) is 5.88 Å². The number of hydrogen-bond donors (Lipinski definition) is 0. The molecule has 1 atom stereocenters. The SMILES string of the molecule is C[C@H]1CCN(CCOc2nnc(Cl)cc2Br)C1. The molecule has 1 aliphatic heterocycles. The first-order valence-electron chi connectivity index (χ1n) is 5.69. The van der Waals surface area contributed by atoms with Crippen molar-refractivity contribution in [3.63, 3.8) is 0 Å². The van der Waals surface area contributed by atoms with Crippen LogP contribution in [0.3, 0.4) is 0 Å². The number of aromatic nitrogens is 2. The predicted octanol–water partition coefficient (Wildman–Crippen LogP) is 2.61. The van der Waals surface area contributed by atoms with E-state index < -0.39 is 0 Å². The van der Waals surface area contributed by atoms with Crippen molar-refractivity contribution in [3.05, 3.63) is 15.7 Å². The highest BCUT2D eigenvalue weighted by Crippen LogP contribution is 2.23. The molecule has 1 aromatic rings. The normalized spacial score (nSPS) is 20.8. The Balaban J connectivity index is 1.78. The van der Waals surface area contributed by atoms with Crippen LogP contribution in [0.1, 0.15) is 13.3 Å². The fourth-order valence-electron chi connectivity index (χ4n) is 1.93. The van der Waals surface area contributed by atoms with Crippen molar-refractivity contribution < 1.29 is 4.74 Å². The second-order valence-electron chi connectivity index (χ2n) is 4.36. The molecule has 2 heterocycles. The van der Waals surface area contributed by atoms with Crippen LogP contribution in [0.25, 0.3) is 0 Å². The van der Waals surface area contributed by atoms with Gasteiger partial charge in [0, 0.05) is 13.1 Å². The van der Waals surface area contributed by atoms with Crippen LogP contribution < -0.4 is 4.74 Å². The lowest BCUT2D eigenvalue weighted by Crippen LogP contribution is -2.26. The molecule has 0 saturated carbocycles. The number of ether oxygens (including phenoxy) is 1. The molecule has 0 unspecified atom stereocenters. The molecular weight excluding hydrogens is 305 g/mol. The van der Waals surface area contributed by atoms with E-state index in [-0.39, 0.29) is 0 Å². The van der Waals surface area contributed by atoms with E-state index in [0.717, 1.165) is 30.0 Å². The zero-order valence-corrected chi connectivity index (χ0v) is 12.0. The second kappa shape index (κ2) is 5.98. The molecule has 0 aliphatic carbocycles. The molecule has 4 nitrogen and oxygen atoms in total. The number of halogens is 2. The van der Waals surface area contributed by atoms with E-state index in [0.29, 0.717) is 17.6 Å². The Kier molecular flexibility index (Phi) is 4.59. The van der Waals surface area contributed by atoms with E-state index in [1.54, 1.807) is 6.07 Å². The van der Waals surface area contributed by atoms with E-state index in [9.17, 15) is 0 Å². The molecule has 0 radical (unpaired) electrons. The van der Waals surface area contributed by atoms with E-state index in [4.69, 9.17) is 16.3 Å². The minimum absolute atomic E-state index is 0.359. The van der Waals surface area contributed by atoms with Gasteiger partial charge in [-0.1, -0.05) is 18.5 Å². The molecule has 0 amide bonds. The van der Waals surface area contributed by atoms with Crippen LogP contribution in [-0.2, 0) is 0 Å². The van der Waals surface area contributed by atoms with Gasteiger partial charge in [0.25, 0.3) is 0 Å². The molecule has 17 heavy (non-hydrogen) atoms. The third kappa shape index (κ3) is 3.79. The maximum absolute atomic E-state index is 5.70. The monoisotopic (exact) mass is 319 g/mol. The van der Waals surface area contributed by atoms with Gasteiger partial charge in [0.15, 0.2) is 5.15 Å². The minimum atomic E-state index is 0.359. The van der Waals surface area contributed by atoms with Crippen LogP contribution in [0.5, 0.6) is 5.88 Å². The Hall–Kier alpha value is -0.390. The van der Waals surface area contributed by atoms with Gasteiger partial charge < -0.3 is 4.74 Å². The largest absolute Gasteiger partial charge is 0.474 e. The van der Waals surface area contributed by atoms with Gasteiger partial charge in [-0.15, -0.1) is 10.2 Å². The first kappa shape index (κ1) is 13.1. The van der Waals surface area contributed by atoms with Gasteiger partial charge >= 0.3 is 0 Å². The average Bonchev–Trinajstić information content (AvgIpc) is 2.68. The van der Waals surface area contributed by atoms with E-state index in [2.05, 4.69) is 38.0 Å². The lowest BCUT2D eigenvalue weighted by atomic mass is 10.2. The van der Waals surface area contributed by atoms with Crippen LogP contribution >= 0.6 is 27.5 Å². The maximum atomic E-state index is 5.70. The van der Waals surface area contributed by atoms with Crippen LogP contribution in [-0.4, -0.2) is 41.3 Å². The highest BCUT2D eigenvalue weighted by atomic mass is 79.9. The first-order valence-corrected chi connectivity index (χ1v) is 6.86. The van der Waals surface area contributed by atoms with E-state index >= 15 is 0 Å². The Labute approximate surface area is 114 Å². The van der Waals surface area contributed by atoms with Gasteiger partial charge in [0.1, 0.15) is 6.61 Å². The van der Waals surface area contributed by atoms with Gasteiger partial charge in [0.05, 0.1) is 4.47 Å². The van der Waals surface area contributed by atoms with Crippen molar-refractivity contribution in [2.24, 2.45) is 5.92 Å². The molecule has 2 rings (SSSR count). The summed E-state index contributed by atoms with van der Waals surface area (Å²) < 4.78 is 6.31. The third-order valence-corrected chi connectivity index (χ3v) is 3.59. The summed E-state index contributed by atoms with van der Waals surface area (Å²) in [5.41, 5.74) is 0. The molecule has 1 fully saturated rings. The Morgan fingerprint density at radius 3 is 3.06 bits per heavy atom. The van der Waals surface area contributed by atoms with Crippen LogP contribution in [0.15, 0.2) is 10.5 Å². The lowest BCUT2D eigenvalue weighted by Gasteiger charge is -2.15. The van der Waals surface area contributed by atoms with Crippen molar-refractivity contribution in [1.82, 2.24) is 15.1 Å². The zero-order chi connectivity index (χ0) is 12.3. The fourth-order valence-corrected chi connectivity index (χ4v) is 2.62. The summed E-state index contributed by atoms with van der Waals surface area (Å²) in [5.74, 6) is 1.30. The van der Waals surface area contributed by atoms with Crippen LogP contribution in [0.4, 0.5) is 0 Å². The van der Waals surface area contributed by atoms with Crippen molar-refractivity contribution in [1.29, 1.82) is 0 Å². The Morgan fingerprint density at radius 2 is 2.41 bits per heavy atom. The van der Waals surface area contributed by atoms with Gasteiger partial charge in [-0.25, -0.2) is 0 Å². The van der Waals surface area contributed by atoms with Crippen molar-refractivity contribution in [2.75, 3.05) is 26.2 Å². The molecule has 1 aromatic heterocycles. The molecule has 1 saturated heterocycles. The summed E-state index contributed by atoms with van der Waals surface area (Å²) >= 11 is 9.05. The van der Waals surface area contributed by atoms with Crippen molar-refractivity contribution >= 4 is 27.5 Å². The second-order valence-corrected chi connectivity index (χ2v) is 5.60. The summed E-state index contributed by atoms with van der Waals surface area (Å²) in [6.45, 7) is 6.17. The molecule has 6 heteroatoms. The lowest BCUT2D eigenvalue weighted by molar-refractivity contribution is 0.226. The maximum Gasteiger partial charge on any atom is 0.248 e. The summed E-state index contributed by atoms with van der Waals surface area (Å²) in [4.78, 5) is 2.40. The summed E-state index contributed by atoms with van der Waals surface area (Å²) in [6, 6.07) is 1.68. The number of rotatable bonds is 4. The van der Waals surface area contributed by atoms with Gasteiger partial charge in [-0.05, 0) is 40.9 Å². The molecule has 0 N–H and O–H groups in total. The standard InChI is InChI=1S/C11H15BrClN3O/c1-8-2-3-16(7-8)4-5-17-11-9(12)6-10(13)14-15-11/h6,8H,2-5,7H2,1H3/t8-/m0/s1. The number of nitrogens with zero attached hydrogens (tertiary/aromatic N) is 3. The molecule has 94 valence electrons. The molecule has 0 bridgehead atoms. The quantitative estimate of drug-likeness (QED) is 0.855. The summed E-state index contributed by atoms with van der Waals surface area (Å²) in [6.07, 6.45) is 1.28.